The van der Waals surface area contributed by atoms with Crippen LogP contribution in [-0.4, -0.2) is 37.4 Å². The molecule has 2 N–H and O–H groups in total. The Kier molecular flexibility index (Phi) is 5.98. The van der Waals surface area contributed by atoms with Crippen LogP contribution in [0.2, 0.25) is 0 Å². The van der Waals surface area contributed by atoms with E-state index < -0.39 is 0 Å². The maximum absolute atomic E-state index is 12.2. The molecule has 0 atom stereocenters. The molecular formula is C14H20ClN3O2. The summed E-state index contributed by atoms with van der Waals surface area (Å²) in [4.78, 5) is 25.0. The van der Waals surface area contributed by atoms with Crippen LogP contribution in [0.1, 0.15) is 27.9 Å². The molecule has 2 rings (SSSR count). The predicted octanol–water partition coefficient (Wildman–Crippen LogP) is 0.920. The Hall–Kier alpha value is -1.59. The maximum atomic E-state index is 12.2. The molecule has 20 heavy (non-hydrogen) atoms. The Morgan fingerprint density at radius 3 is 2.70 bits per heavy atom. The highest BCUT2D eigenvalue weighted by molar-refractivity contribution is 5.94. The van der Waals surface area contributed by atoms with Gasteiger partial charge in [0.05, 0.1) is 0 Å². The number of benzene rings is 1. The van der Waals surface area contributed by atoms with Crippen molar-refractivity contribution in [2.24, 2.45) is 0 Å². The zero-order valence-electron chi connectivity index (χ0n) is 11.7. The van der Waals surface area contributed by atoms with Crippen LogP contribution in [0.3, 0.4) is 0 Å². The first kappa shape index (κ1) is 16.5. The van der Waals surface area contributed by atoms with Crippen LogP contribution in [0.5, 0.6) is 0 Å². The lowest BCUT2D eigenvalue weighted by atomic mass is 10.1. The second-order valence-electron chi connectivity index (χ2n) is 4.74. The first-order valence-electron chi connectivity index (χ1n) is 6.40. The van der Waals surface area contributed by atoms with Gasteiger partial charge in [0.15, 0.2) is 0 Å². The molecule has 0 saturated carbocycles. The van der Waals surface area contributed by atoms with Crippen molar-refractivity contribution in [2.75, 3.05) is 20.6 Å². The first-order valence-corrected chi connectivity index (χ1v) is 6.40. The van der Waals surface area contributed by atoms with E-state index in [9.17, 15) is 9.59 Å². The van der Waals surface area contributed by atoms with Crippen LogP contribution in [0.25, 0.3) is 0 Å². The summed E-state index contributed by atoms with van der Waals surface area (Å²) in [6, 6.07) is 5.79. The third-order valence-electron chi connectivity index (χ3n) is 3.38. The zero-order valence-corrected chi connectivity index (χ0v) is 12.5. The Labute approximate surface area is 125 Å². The lowest BCUT2D eigenvalue weighted by Gasteiger charge is -2.17. The van der Waals surface area contributed by atoms with Gasteiger partial charge >= 0.3 is 0 Å². The lowest BCUT2D eigenvalue weighted by molar-refractivity contribution is -0.120. The average molecular weight is 298 g/mol. The van der Waals surface area contributed by atoms with Crippen molar-refractivity contribution in [3.05, 3.63) is 34.9 Å². The van der Waals surface area contributed by atoms with Crippen molar-refractivity contribution in [2.45, 2.75) is 19.5 Å². The number of nitrogens with zero attached hydrogens (tertiary/aromatic N) is 1. The summed E-state index contributed by atoms with van der Waals surface area (Å²) >= 11 is 0. The number of fused-ring (bicyclic) bond motifs is 1. The summed E-state index contributed by atoms with van der Waals surface area (Å²) in [5, 5.41) is 5.80. The van der Waals surface area contributed by atoms with Gasteiger partial charge in [-0.3, -0.25) is 9.59 Å². The second kappa shape index (κ2) is 7.26. The molecule has 1 aliphatic rings. The minimum absolute atomic E-state index is 0. The average Bonchev–Trinajstić information content (AvgIpc) is 2.90. The maximum Gasteiger partial charge on any atom is 0.253 e. The molecule has 1 heterocycles. The number of hydrogen-bond donors (Lipinski definition) is 2. The van der Waals surface area contributed by atoms with Gasteiger partial charge in [-0.25, -0.2) is 0 Å². The second-order valence-corrected chi connectivity index (χ2v) is 4.74. The first-order chi connectivity index (χ1) is 9.11. The van der Waals surface area contributed by atoms with Crippen molar-refractivity contribution >= 4 is 24.2 Å². The molecule has 0 spiro atoms. The molecule has 0 aliphatic carbocycles. The minimum atomic E-state index is -0.0576. The molecule has 1 aromatic rings. The van der Waals surface area contributed by atoms with Crippen molar-refractivity contribution in [3.8, 4) is 0 Å². The van der Waals surface area contributed by atoms with Crippen molar-refractivity contribution in [1.82, 2.24) is 15.5 Å². The zero-order chi connectivity index (χ0) is 13.8. The number of carbonyl (C=O) groups excluding carboxylic acids is 2. The van der Waals surface area contributed by atoms with Crippen LogP contribution in [0.15, 0.2) is 18.2 Å². The summed E-state index contributed by atoms with van der Waals surface area (Å²) in [6.07, 6.45) is 0.325. The Balaban J connectivity index is 0.00000200. The van der Waals surface area contributed by atoms with E-state index in [1.165, 1.54) is 11.1 Å². The molecule has 0 fully saturated rings. The molecule has 0 saturated heterocycles. The molecule has 6 heteroatoms. The van der Waals surface area contributed by atoms with Gasteiger partial charge in [0, 0.05) is 45.7 Å². The quantitative estimate of drug-likeness (QED) is 0.869. The molecule has 2 amide bonds. The van der Waals surface area contributed by atoms with Crippen molar-refractivity contribution in [3.63, 3.8) is 0 Å². The van der Waals surface area contributed by atoms with Crippen LogP contribution in [0, 0.1) is 0 Å². The predicted molar refractivity (Wildman–Crippen MR) is 79.9 cm³/mol. The molecule has 0 unspecified atom stereocenters. The third kappa shape index (κ3) is 3.71. The fraction of sp³-hybridized carbons (Fsp3) is 0.429. The third-order valence-corrected chi connectivity index (χ3v) is 3.38. The molecule has 0 radical (unpaired) electrons. The smallest absolute Gasteiger partial charge is 0.253 e. The van der Waals surface area contributed by atoms with Gasteiger partial charge in [-0.15, -0.1) is 12.4 Å². The molecule has 110 valence electrons. The Morgan fingerprint density at radius 1 is 1.30 bits per heavy atom. The monoisotopic (exact) mass is 297 g/mol. The molecule has 1 aliphatic heterocycles. The van der Waals surface area contributed by atoms with Gasteiger partial charge in [-0.05, 0) is 23.3 Å². The molecular weight excluding hydrogens is 278 g/mol. The van der Waals surface area contributed by atoms with E-state index in [2.05, 4.69) is 10.6 Å². The molecule has 5 nitrogen and oxygen atoms in total. The van der Waals surface area contributed by atoms with E-state index in [0.717, 1.165) is 13.1 Å². The van der Waals surface area contributed by atoms with Gasteiger partial charge in [-0.1, -0.05) is 6.07 Å². The highest BCUT2D eigenvalue weighted by Gasteiger charge is 2.16. The summed E-state index contributed by atoms with van der Waals surface area (Å²) in [7, 11) is 3.31. The van der Waals surface area contributed by atoms with E-state index in [-0.39, 0.29) is 24.2 Å². The van der Waals surface area contributed by atoms with Gasteiger partial charge in [-0.2, -0.15) is 0 Å². The topological polar surface area (TPSA) is 61.4 Å². The van der Waals surface area contributed by atoms with Crippen LogP contribution in [-0.2, 0) is 17.9 Å². The fourth-order valence-electron chi connectivity index (χ4n) is 2.14. The number of carbonyl (C=O) groups is 2. The largest absolute Gasteiger partial charge is 0.359 e. The Morgan fingerprint density at radius 2 is 2.00 bits per heavy atom. The molecule has 1 aromatic carbocycles. The number of rotatable bonds is 4. The number of hydrogen-bond acceptors (Lipinski definition) is 3. The SMILES string of the molecule is CNC(=O)CCN(C)C(=O)c1ccc2c(c1)CNC2.Cl. The lowest BCUT2D eigenvalue weighted by Crippen LogP contribution is -2.31. The van der Waals surface area contributed by atoms with Gasteiger partial charge in [0.25, 0.3) is 5.91 Å². The van der Waals surface area contributed by atoms with Crippen molar-refractivity contribution in [1.29, 1.82) is 0 Å². The molecule has 0 aromatic heterocycles. The molecule has 0 bridgehead atoms. The number of nitrogens with one attached hydrogen (secondary N) is 2. The standard InChI is InChI=1S/C14H19N3O2.ClH/c1-15-13(18)5-6-17(2)14(19)10-3-4-11-8-16-9-12(11)7-10;/h3-4,7,16H,5-6,8-9H2,1-2H3,(H,15,18);1H. The minimum Gasteiger partial charge on any atom is -0.359 e. The van der Waals surface area contributed by atoms with E-state index in [1.54, 1.807) is 19.0 Å². The summed E-state index contributed by atoms with van der Waals surface area (Å²) in [6.45, 7) is 2.11. The van der Waals surface area contributed by atoms with E-state index in [4.69, 9.17) is 0 Å². The highest BCUT2D eigenvalue weighted by Crippen LogP contribution is 2.17. The summed E-state index contributed by atoms with van der Waals surface area (Å²) in [5.74, 6) is -0.101. The van der Waals surface area contributed by atoms with Crippen LogP contribution >= 0.6 is 12.4 Å². The van der Waals surface area contributed by atoms with Crippen molar-refractivity contribution < 1.29 is 9.59 Å². The summed E-state index contributed by atoms with van der Waals surface area (Å²) < 4.78 is 0. The highest BCUT2D eigenvalue weighted by atomic mass is 35.5. The van der Waals surface area contributed by atoms with Crippen LogP contribution < -0.4 is 10.6 Å². The van der Waals surface area contributed by atoms with Gasteiger partial charge in [0.2, 0.25) is 5.91 Å². The number of amides is 2. The van der Waals surface area contributed by atoms with Crippen LogP contribution in [0.4, 0.5) is 0 Å². The van der Waals surface area contributed by atoms with E-state index in [1.807, 2.05) is 18.2 Å². The van der Waals surface area contributed by atoms with Gasteiger partial charge < -0.3 is 15.5 Å². The summed E-state index contributed by atoms with van der Waals surface area (Å²) in [5.41, 5.74) is 3.12. The normalized spacial score (nSPS) is 12.3. The van der Waals surface area contributed by atoms with Gasteiger partial charge in [0.1, 0.15) is 0 Å². The Bertz CT molecular complexity index is 505. The van der Waals surface area contributed by atoms with E-state index >= 15 is 0 Å². The van der Waals surface area contributed by atoms with E-state index in [0.29, 0.717) is 18.5 Å². The number of halogens is 1. The fourth-order valence-corrected chi connectivity index (χ4v) is 2.14.